The molecule has 3 N–H and O–H groups in total. The third-order valence-corrected chi connectivity index (χ3v) is 2.25. The molecule has 5 heteroatoms. The van der Waals surface area contributed by atoms with Crippen molar-refractivity contribution >= 4 is 18.2 Å². The van der Waals surface area contributed by atoms with E-state index in [9.17, 15) is 0 Å². The average Bonchev–Trinajstić information content (AvgIpc) is 2.17. The zero-order valence-corrected chi connectivity index (χ0v) is 10.6. The molecule has 0 saturated heterocycles. The van der Waals surface area contributed by atoms with Gasteiger partial charge in [0, 0.05) is 12.3 Å². The number of halogens is 1. The third kappa shape index (κ3) is 4.06. The van der Waals surface area contributed by atoms with E-state index in [1.807, 2.05) is 13.8 Å². The summed E-state index contributed by atoms with van der Waals surface area (Å²) < 4.78 is 5.75. The number of nitrogen functional groups attached to an aromatic ring is 1. The van der Waals surface area contributed by atoms with Gasteiger partial charge in [-0.2, -0.15) is 0 Å². The summed E-state index contributed by atoms with van der Waals surface area (Å²) >= 11 is 0. The first-order valence-electron chi connectivity index (χ1n) is 4.94. The molecule has 0 bridgehead atoms. The van der Waals surface area contributed by atoms with Gasteiger partial charge in [0.2, 0.25) is 0 Å². The Hall–Kier alpha value is -1.29. The Morgan fingerprint density at radius 3 is 2.69 bits per heavy atom. The van der Waals surface area contributed by atoms with Crippen LogP contribution in [0.5, 0.6) is 5.75 Å². The molecule has 0 unspecified atom stereocenters. The van der Waals surface area contributed by atoms with Crippen LogP contribution in [0.2, 0.25) is 0 Å². The molecule has 0 aliphatic carbocycles. The smallest absolute Gasteiger partial charge is 0.141 e. The van der Waals surface area contributed by atoms with Crippen LogP contribution in [0.3, 0.4) is 0 Å². The summed E-state index contributed by atoms with van der Waals surface area (Å²) in [6.45, 7) is 6.09. The maximum absolute atomic E-state index is 7.27. The number of nitrogens with zero attached hydrogens (tertiary/aromatic N) is 1. The van der Waals surface area contributed by atoms with Crippen molar-refractivity contribution in [2.24, 2.45) is 5.73 Å². The van der Waals surface area contributed by atoms with Gasteiger partial charge in [0.1, 0.15) is 22.9 Å². The minimum Gasteiger partial charge on any atom is -0.488 e. The van der Waals surface area contributed by atoms with E-state index in [2.05, 4.69) is 11.9 Å². The van der Waals surface area contributed by atoms with Crippen molar-refractivity contribution in [3.63, 3.8) is 0 Å². The van der Waals surface area contributed by atoms with Gasteiger partial charge in [-0.1, -0.05) is 6.92 Å². The number of rotatable bonds is 4. The molecule has 4 nitrogen and oxygen atoms in total. The normalized spacial score (nSPS) is 10.4. The topological polar surface area (TPSA) is 72.0 Å². The monoisotopic (exact) mass is 243 g/mol. The number of aromatic nitrogens is 1. The first-order chi connectivity index (χ1) is 6.94. The number of nitrogens with one attached hydrogen (secondary N) is 1. The first kappa shape index (κ1) is 14.7. The molecule has 0 radical (unpaired) electrons. The fraction of sp³-hybridized carbons (Fsp3) is 0.455. The maximum atomic E-state index is 7.27. The molecular formula is C11H18ClN3O. The molecule has 90 valence electrons. The van der Waals surface area contributed by atoms with Gasteiger partial charge in [-0.3, -0.25) is 10.4 Å². The molecule has 0 fully saturated rings. The minimum atomic E-state index is -0.213. The van der Waals surface area contributed by atoms with E-state index in [1.165, 1.54) is 0 Å². The van der Waals surface area contributed by atoms with E-state index in [4.69, 9.17) is 15.9 Å². The van der Waals surface area contributed by atoms with Crippen LogP contribution in [0.1, 0.15) is 32.9 Å². The maximum Gasteiger partial charge on any atom is 0.141 e. The average molecular weight is 244 g/mol. The van der Waals surface area contributed by atoms with Crippen LogP contribution in [0.15, 0.2) is 18.3 Å². The summed E-state index contributed by atoms with van der Waals surface area (Å²) in [6.07, 6.45) is 2.50. The second-order valence-corrected chi connectivity index (χ2v) is 4.01. The molecule has 0 aliphatic heterocycles. The fourth-order valence-electron chi connectivity index (χ4n) is 1.01. The lowest BCUT2D eigenvalue weighted by Gasteiger charge is -2.24. The summed E-state index contributed by atoms with van der Waals surface area (Å²) in [7, 11) is 0. The van der Waals surface area contributed by atoms with E-state index in [0.717, 1.165) is 6.42 Å². The summed E-state index contributed by atoms with van der Waals surface area (Å²) in [6, 6.07) is 3.45. The van der Waals surface area contributed by atoms with Crippen molar-refractivity contribution in [3.8, 4) is 5.75 Å². The highest BCUT2D eigenvalue weighted by Gasteiger charge is 2.17. The van der Waals surface area contributed by atoms with Crippen molar-refractivity contribution in [1.29, 1.82) is 5.41 Å². The highest BCUT2D eigenvalue weighted by molar-refractivity contribution is 5.93. The molecule has 1 aromatic heterocycles. The largest absolute Gasteiger partial charge is 0.488 e. The van der Waals surface area contributed by atoms with Crippen LogP contribution in [-0.2, 0) is 0 Å². The number of hydrogen-bond donors (Lipinski definition) is 2. The van der Waals surface area contributed by atoms with E-state index < -0.39 is 0 Å². The summed E-state index contributed by atoms with van der Waals surface area (Å²) in [4.78, 5) is 3.97. The number of hydrogen-bond acceptors (Lipinski definition) is 3. The van der Waals surface area contributed by atoms with Gasteiger partial charge in [0.15, 0.2) is 0 Å². The zero-order chi connectivity index (χ0) is 11.5. The zero-order valence-electron chi connectivity index (χ0n) is 9.78. The summed E-state index contributed by atoms with van der Waals surface area (Å²) in [5, 5.41) is 7.27. The van der Waals surface area contributed by atoms with Crippen LogP contribution in [0, 0.1) is 5.41 Å². The molecular weight excluding hydrogens is 226 g/mol. The molecule has 0 amide bonds. The van der Waals surface area contributed by atoms with Crippen molar-refractivity contribution in [2.75, 3.05) is 0 Å². The van der Waals surface area contributed by atoms with Crippen LogP contribution in [0.4, 0.5) is 0 Å². The summed E-state index contributed by atoms with van der Waals surface area (Å²) in [5.74, 6) is 0.650. The number of pyridine rings is 1. The predicted octanol–water partition coefficient (Wildman–Crippen LogP) is 2.35. The van der Waals surface area contributed by atoms with Gasteiger partial charge in [0.25, 0.3) is 0 Å². The Morgan fingerprint density at radius 1 is 1.56 bits per heavy atom. The Kier molecular flexibility index (Phi) is 5.24. The molecule has 1 aromatic rings. The quantitative estimate of drug-likeness (QED) is 0.630. The van der Waals surface area contributed by atoms with E-state index in [-0.39, 0.29) is 23.8 Å². The predicted molar refractivity (Wildman–Crippen MR) is 67.5 cm³/mol. The number of ether oxygens (including phenoxy) is 1. The standard InChI is InChI=1S/C11H17N3O.ClH/c1-4-11(2,3)15-8-5-6-14-9(7-8)10(12)13;/h5-7H,4H2,1-3H3,(H3,12,13);1H. The lowest BCUT2D eigenvalue weighted by Crippen LogP contribution is -2.27. The minimum absolute atomic E-state index is 0. The van der Waals surface area contributed by atoms with Crippen molar-refractivity contribution in [3.05, 3.63) is 24.0 Å². The highest BCUT2D eigenvalue weighted by Crippen LogP contribution is 2.20. The van der Waals surface area contributed by atoms with Crippen LogP contribution in [0.25, 0.3) is 0 Å². The van der Waals surface area contributed by atoms with Crippen LogP contribution >= 0.6 is 12.4 Å². The Morgan fingerprint density at radius 2 is 2.19 bits per heavy atom. The molecule has 0 spiro atoms. The Bertz CT molecular complexity index is 366. The second-order valence-electron chi connectivity index (χ2n) is 4.01. The van der Waals surface area contributed by atoms with Crippen LogP contribution in [-0.4, -0.2) is 16.4 Å². The van der Waals surface area contributed by atoms with Crippen LogP contribution < -0.4 is 10.5 Å². The van der Waals surface area contributed by atoms with Crippen molar-refractivity contribution in [2.45, 2.75) is 32.8 Å². The molecule has 16 heavy (non-hydrogen) atoms. The highest BCUT2D eigenvalue weighted by atomic mass is 35.5. The van der Waals surface area contributed by atoms with E-state index >= 15 is 0 Å². The van der Waals surface area contributed by atoms with Gasteiger partial charge >= 0.3 is 0 Å². The molecule has 1 rings (SSSR count). The third-order valence-electron chi connectivity index (χ3n) is 2.25. The molecule has 0 aromatic carbocycles. The van der Waals surface area contributed by atoms with Crippen molar-refractivity contribution in [1.82, 2.24) is 4.98 Å². The molecule has 0 atom stereocenters. The summed E-state index contributed by atoms with van der Waals surface area (Å²) in [5.41, 5.74) is 5.58. The number of nitrogens with two attached hydrogens (primary N) is 1. The van der Waals surface area contributed by atoms with Gasteiger partial charge in [-0.15, -0.1) is 12.4 Å². The molecule has 0 saturated carbocycles. The van der Waals surface area contributed by atoms with Gasteiger partial charge in [-0.25, -0.2) is 0 Å². The fourth-order valence-corrected chi connectivity index (χ4v) is 1.01. The van der Waals surface area contributed by atoms with E-state index in [0.29, 0.717) is 11.4 Å². The Labute approximate surface area is 102 Å². The first-order valence-corrected chi connectivity index (χ1v) is 4.94. The van der Waals surface area contributed by atoms with Gasteiger partial charge < -0.3 is 10.5 Å². The molecule has 1 heterocycles. The molecule has 0 aliphatic rings. The SMILES string of the molecule is CCC(C)(C)Oc1ccnc(C(=N)N)c1.Cl. The van der Waals surface area contributed by atoms with Crippen molar-refractivity contribution < 1.29 is 4.74 Å². The Balaban J connectivity index is 0.00000225. The lowest BCUT2D eigenvalue weighted by atomic mass is 10.1. The van der Waals surface area contributed by atoms with E-state index in [1.54, 1.807) is 18.3 Å². The lowest BCUT2D eigenvalue weighted by molar-refractivity contribution is 0.105. The van der Waals surface area contributed by atoms with Gasteiger partial charge in [-0.05, 0) is 26.3 Å². The van der Waals surface area contributed by atoms with Gasteiger partial charge in [0.05, 0.1) is 0 Å². The number of amidine groups is 1. The second kappa shape index (κ2) is 5.70.